The highest BCUT2D eigenvalue weighted by molar-refractivity contribution is 5.87. The first-order valence-electron chi connectivity index (χ1n) is 16.9. The van der Waals surface area contributed by atoms with Gasteiger partial charge >= 0.3 is 0 Å². The number of nitriles is 1. The zero-order valence-electron chi connectivity index (χ0n) is 28.4. The molecule has 8 rings (SSSR count). The van der Waals surface area contributed by atoms with Crippen LogP contribution in [0.2, 0.25) is 0 Å². The van der Waals surface area contributed by atoms with E-state index in [1.54, 1.807) is 12.2 Å². The van der Waals surface area contributed by atoms with E-state index in [1.807, 2.05) is 84.9 Å². The minimum Gasteiger partial charge on any atom is -0.244 e. The first-order valence-corrected chi connectivity index (χ1v) is 16.9. The van der Waals surface area contributed by atoms with Crippen molar-refractivity contribution in [3.8, 4) is 73.6 Å². The van der Waals surface area contributed by atoms with E-state index in [1.165, 1.54) is 0 Å². The largest absolute Gasteiger partial charge is 0.244 e. The Labute approximate surface area is 303 Å². The fourth-order valence-electron chi connectivity index (χ4n) is 5.85. The van der Waals surface area contributed by atoms with E-state index in [4.69, 9.17) is 19.9 Å². The van der Waals surface area contributed by atoms with Gasteiger partial charge in [0.05, 0.1) is 45.4 Å². The predicted octanol–water partition coefficient (Wildman–Crippen LogP) is 11.7. The van der Waals surface area contributed by atoms with Gasteiger partial charge in [-0.1, -0.05) is 153 Å². The van der Waals surface area contributed by atoms with Gasteiger partial charge in [-0.3, -0.25) is 0 Å². The Kier molecular flexibility index (Phi) is 9.91. The summed E-state index contributed by atoms with van der Waals surface area (Å²) in [6, 6.07) is 56.8. The number of aromatic nitrogens is 4. The molecule has 0 spiro atoms. The molecule has 0 saturated heterocycles. The lowest BCUT2D eigenvalue weighted by molar-refractivity contribution is 1.18. The molecule has 0 aliphatic carbocycles. The summed E-state index contributed by atoms with van der Waals surface area (Å²) in [5, 5.41) is 9.31. The van der Waals surface area contributed by atoms with Crippen LogP contribution in [-0.4, -0.2) is 19.9 Å². The number of allylic oxidation sites excluding steroid dienone is 2. The molecule has 0 fully saturated rings. The number of rotatable bonds is 7. The maximum atomic E-state index is 9.31. The van der Waals surface area contributed by atoms with Gasteiger partial charge in [0.25, 0.3) is 0 Å². The summed E-state index contributed by atoms with van der Waals surface area (Å²) in [6.07, 6.45) is 3.28. The zero-order chi connectivity index (χ0) is 35.7. The van der Waals surface area contributed by atoms with Crippen molar-refractivity contribution in [3.05, 3.63) is 195 Å². The Morgan fingerprint density at radius 1 is 0.404 bits per heavy atom. The van der Waals surface area contributed by atoms with Gasteiger partial charge in [0, 0.05) is 27.8 Å². The van der Waals surface area contributed by atoms with Crippen LogP contribution in [0, 0.1) is 11.3 Å². The fraction of sp³-hybridized carbons (Fsp3) is 0. The molecule has 8 aromatic rings. The molecule has 0 aliphatic rings. The first-order chi connectivity index (χ1) is 25.6. The summed E-state index contributed by atoms with van der Waals surface area (Å²) in [7, 11) is 0. The third-order valence-electron chi connectivity index (χ3n) is 8.50. The van der Waals surface area contributed by atoms with Crippen LogP contribution in [0.4, 0.5) is 0 Å². The Morgan fingerprint density at radius 2 is 0.846 bits per heavy atom. The van der Waals surface area contributed by atoms with Crippen molar-refractivity contribution in [2.45, 2.75) is 0 Å². The number of para-hydroxylation sites is 2. The summed E-state index contributed by atoms with van der Waals surface area (Å²) in [5.74, 6) is 0.673. The summed E-state index contributed by atoms with van der Waals surface area (Å²) in [4.78, 5) is 20.1. The third-order valence-corrected chi connectivity index (χ3v) is 8.50. The topological polar surface area (TPSA) is 75.3 Å². The molecular formula is C47H33N5. The Morgan fingerprint density at radius 3 is 1.35 bits per heavy atom. The van der Waals surface area contributed by atoms with Gasteiger partial charge in [-0.25, -0.2) is 19.9 Å². The van der Waals surface area contributed by atoms with Gasteiger partial charge < -0.3 is 0 Å². The molecule has 0 radical (unpaired) electrons. The van der Waals surface area contributed by atoms with Gasteiger partial charge in [-0.2, -0.15) is 5.26 Å². The first kappa shape index (κ1) is 33.2. The lowest BCUT2D eigenvalue weighted by atomic mass is 9.98. The van der Waals surface area contributed by atoms with Crippen LogP contribution in [0.5, 0.6) is 0 Å². The standard InChI is InChI=1S/C43H27N5.C4H6/c44-28-29-18-20-33(21-19-29)41-42(46-38-17-8-7-16-37(38)45-41)34-24-22-30(23-25-34)35-14-9-15-36(26-35)43-47-39(31-10-3-1-4-11-31)27-40(48-43)32-12-5-2-6-13-32;1-3-4-2/h1-27H;3-4H,1-2H2. The van der Waals surface area contributed by atoms with Crippen LogP contribution in [0.25, 0.3) is 78.6 Å². The molecule has 0 atom stereocenters. The normalized spacial score (nSPS) is 10.4. The highest BCUT2D eigenvalue weighted by Gasteiger charge is 2.15. The molecule has 0 aliphatic heterocycles. The van der Waals surface area contributed by atoms with E-state index in [9.17, 15) is 5.26 Å². The Hall–Kier alpha value is -7.29. The van der Waals surface area contributed by atoms with Crippen molar-refractivity contribution >= 4 is 11.0 Å². The summed E-state index contributed by atoms with van der Waals surface area (Å²) in [5.41, 5.74) is 12.6. The molecule has 52 heavy (non-hydrogen) atoms. The molecule has 5 nitrogen and oxygen atoms in total. The van der Waals surface area contributed by atoms with Crippen LogP contribution < -0.4 is 0 Å². The molecule has 246 valence electrons. The highest BCUT2D eigenvalue weighted by atomic mass is 14.9. The van der Waals surface area contributed by atoms with Crippen molar-refractivity contribution < 1.29 is 0 Å². The molecule has 6 aromatic carbocycles. The van der Waals surface area contributed by atoms with Crippen LogP contribution in [-0.2, 0) is 0 Å². The molecule has 0 unspecified atom stereocenters. The van der Waals surface area contributed by atoms with Crippen molar-refractivity contribution in [2.24, 2.45) is 0 Å². The van der Waals surface area contributed by atoms with Crippen LogP contribution >= 0.6 is 0 Å². The van der Waals surface area contributed by atoms with E-state index in [0.29, 0.717) is 11.4 Å². The van der Waals surface area contributed by atoms with E-state index < -0.39 is 0 Å². The van der Waals surface area contributed by atoms with E-state index >= 15 is 0 Å². The van der Waals surface area contributed by atoms with Crippen molar-refractivity contribution in [2.75, 3.05) is 0 Å². The number of fused-ring (bicyclic) bond motifs is 1. The number of nitrogens with zero attached hydrogens (tertiary/aromatic N) is 5. The minimum absolute atomic E-state index is 0.606. The van der Waals surface area contributed by atoms with Gasteiger partial charge in [0.15, 0.2) is 5.82 Å². The highest BCUT2D eigenvalue weighted by Crippen LogP contribution is 2.34. The summed E-state index contributed by atoms with van der Waals surface area (Å²) >= 11 is 0. The maximum absolute atomic E-state index is 9.31. The molecule has 2 heterocycles. The number of benzene rings is 6. The Balaban J connectivity index is 0.00000100. The molecule has 0 N–H and O–H groups in total. The second kappa shape index (κ2) is 15.5. The van der Waals surface area contributed by atoms with Gasteiger partial charge in [-0.15, -0.1) is 0 Å². The maximum Gasteiger partial charge on any atom is 0.160 e. The fourth-order valence-corrected chi connectivity index (χ4v) is 5.85. The van der Waals surface area contributed by atoms with Gasteiger partial charge in [0.2, 0.25) is 0 Å². The predicted molar refractivity (Wildman–Crippen MR) is 213 cm³/mol. The van der Waals surface area contributed by atoms with Gasteiger partial charge in [-0.05, 0) is 47.5 Å². The third kappa shape index (κ3) is 7.33. The summed E-state index contributed by atoms with van der Waals surface area (Å²) < 4.78 is 0. The molecule has 5 heteroatoms. The summed E-state index contributed by atoms with van der Waals surface area (Å²) in [6.45, 7) is 6.72. The van der Waals surface area contributed by atoms with Crippen LogP contribution in [0.3, 0.4) is 0 Å². The molecule has 2 aromatic heterocycles. The van der Waals surface area contributed by atoms with Crippen LogP contribution in [0.15, 0.2) is 189 Å². The van der Waals surface area contributed by atoms with E-state index in [0.717, 1.165) is 72.8 Å². The minimum atomic E-state index is 0.606. The molecule has 0 amide bonds. The second-order valence-corrected chi connectivity index (χ2v) is 11.9. The monoisotopic (exact) mass is 667 g/mol. The van der Waals surface area contributed by atoms with E-state index in [-0.39, 0.29) is 0 Å². The van der Waals surface area contributed by atoms with E-state index in [2.05, 4.69) is 98.1 Å². The zero-order valence-corrected chi connectivity index (χ0v) is 28.4. The van der Waals surface area contributed by atoms with Crippen molar-refractivity contribution in [1.29, 1.82) is 5.26 Å². The van der Waals surface area contributed by atoms with Gasteiger partial charge in [0.1, 0.15) is 0 Å². The lowest BCUT2D eigenvalue weighted by Gasteiger charge is -2.12. The average molecular weight is 668 g/mol. The van der Waals surface area contributed by atoms with Crippen molar-refractivity contribution in [1.82, 2.24) is 19.9 Å². The number of hydrogen-bond donors (Lipinski definition) is 0. The molecule has 0 bridgehead atoms. The number of hydrogen-bond acceptors (Lipinski definition) is 5. The average Bonchev–Trinajstić information content (AvgIpc) is 3.24. The molecular weight excluding hydrogens is 635 g/mol. The van der Waals surface area contributed by atoms with Crippen molar-refractivity contribution in [3.63, 3.8) is 0 Å². The second-order valence-electron chi connectivity index (χ2n) is 11.9. The Bertz CT molecular complexity index is 2470. The van der Waals surface area contributed by atoms with Crippen LogP contribution in [0.1, 0.15) is 5.56 Å². The SMILES string of the molecule is C=CC=C.N#Cc1ccc(-c2nc3ccccc3nc2-c2ccc(-c3cccc(-c4nc(-c5ccccc5)cc(-c5ccccc5)n4)c3)cc2)cc1. The smallest absolute Gasteiger partial charge is 0.160 e. The quantitative estimate of drug-likeness (QED) is 0.158. The molecule has 0 saturated carbocycles. The lowest BCUT2D eigenvalue weighted by Crippen LogP contribution is -1.96.